The molecule has 0 saturated heterocycles. The first-order valence-corrected chi connectivity index (χ1v) is 8.05. The first kappa shape index (κ1) is 18.9. The van der Waals surface area contributed by atoms with E-state index in [4.69, 9.17) is 0 Å². The number of hydrogen-bond donors (Lipinski definition) is 2. The molecule has 0 bridgehead atoms. The third-order valence-electron chi connectivity index (χ3n) is 3.64. The molecule has 0 fully saturated rings. The summed E-state index contributed by atoms with van der Waals surface area (Å²) in [6.45, 7) is 0.713. The van der Waals surface area contributed by atoms with Crippen LogP contribution in [0.2, 0.25) is 0 Å². The lowest BCUT2D eigenvalue weighted by molar-refractivity contribution is -0.137. The molecule has 0 aromatic heterocycles. The Bertz CT molecular complexity index is 456. The first-order chi connectivity index (χ1) is 11.0. The molecule has 0 radical (unpaired) electrons. The number of nitrogens with one attached hydrogen (secondary N) is 2. The van der Waals surface area contributed by atoms with Crippen LogP contribution < -0.4 is 10.6 Å². The summed E-state index contributed by atoms with van der Waals surface area (Å²) >= 11 is 0. The molecule has 0 spiro atoms. The number of nitrogens with zero attached hydrogens (tertiary/aromatic N) is 1. The van der Waals surface area contributed by atoms with Crippen molar-refractivity contribution in [2.45, 2.75) is 44.9 Å². The molecule has 23 heavy (non-hydrogen) atoms. The largest absolute Gasteiger partial charge is 0.359 e. The molecule has 0 aromatic carbocycles. The van der Waals surface area contributed by atoms with Gasteiger partial charge < -0.3 is 10.6 Å². The van der Waals surface area contributed by atoms with E-state index >= 15 is 0 Å². The van der Waals surface area contributed by atoms with Gasteiger partial charge in [-0.25, -0.2) is 0 Å². The van der Waals surface area contributed by atoms with E-state index in [1.54, 1.807) is 7.05 Å². The van der Waals surface area contributed by atoms with Crippen molar-refractivity contribution >= 4 is 23.6 Å². The van der Waals surface area contributed by atoms with Gasteiger partial charge in [0.05, 0.1) is 0 Å². The lowest BCUT2D eigenvalue weighted by Crippen LogP contribution is -2.34. The highest BCUT2D eigenvalue weighted by atomic mass is 16.2. The van der Waals surface area contributed by atoms with Crippen LogP contribution in [0.5, 0.6) is 0 Å². The van der Waals surface area contributed by atoms with Crippen LogP contribution in [0.3, 0.4) is 0 Å². The fourth-order valence-corrected chi connectivity index (χ4v) is 2.25. The maximum atomic E-state index is 11.6. The zero-order valence-electron chi connectivity index (χ0n) is 13.6. The summed E-state index contributed by atoms with van der Waals surface area (Å²) in [6.07, 6.45) is 7.94. The second-order valence-electron chi connectivity index (χ2n) is 5.45. The van der Waals surface area contributed by atoms with Gasteiger partial charge in [-0.2, -0.15) is 0 Å². The maximum absolute atomic E-state index is 11.6. The summed E-state index contributed by atoms with van der Waals surface area (Å²) in [5.41, 5.74) is 0. The lowest BCUT2D eigenvalue weighted by Gasteiger charge is -2.13. The summed E-state index contributed by atoms with van der Waals surface area (Å²) in [4.78, 5) is 46.3. The number of carbonyl (C=O) groups excluding carboxylic acids is 4. The van der Waals surface area contributed by atoms with E-state index in [-0.39, 0.29) is 36.6 Å². The zero-order chi connectivity index (χ0) is 17.1. The van der Waals surface area contributed by atoms with Crippen LogP contribution in [0.25, 0.3) is 0 Å². The maximum Gasteiger partial charge on any atom is 0.253 e. The summed E-state index contributed by atoms with van der Waals surface area (Å²) in [6, 6.07) is 0. The minimum absolute atomic E-state index is 0.0717. The highest BCUT2D eigenvalue weighted by molar-refractivity contribution is 6.13. The van der Waals surface area contributed by atoms with Gasteiger partial charge in [0.1, 0.15) is 0 Å². The van der Waals surface area contributed by atoms with Crippen LogP contribution in [0, 0.1) is 0 Å². The van der Waals surface area contributed by atoms with Crippen molar-refractivity contribution in [3.8, 4) is 0 Å². The van der Waals surface area contributed by atoms with E-state index in [0.29, 0.717) is 13.0 Å². The van der Waals surface area contributed by atoms with E-state index in [2.05, 4.69) is 10.6 Å². The zero-order valence-corrected chi connectivity index (χ0v) is 13.6. The van der Waals surface area contributed by atoms with Crippen LogP contribution in [0.4, 0.5) is 0 Å². The summed E-state index contributed by atoms with van der Waals surface area (Å²) in [7, 11) is 1.64. The Kier molecular flexibility index (Phi) is 8.64. The summed E-state index contributed by atoms with van der Waals surface area (Å²) < 4.78 is 0. The molecule has 7 nitrogen and oxygen atoms in total. The van der Waals surface area contributed by atoms with Crippen molar-refractivity contribution in [1.82, 2.24) is 15.5 Å². The van der Waals surface area contributed by atoms with Gasteiger partial charge in [0.15, 0.2) is 0 Å². The molecule has 2 N–H and O–H groups in total. The topological polar surface area (TPSA) is 95.6 Å². The molecule has 128 valence electrons. The third-order valence-corrected chi connectivity index (χ3v) is 3.64. The normalized spacial score (nSPS) is 13.5. The number of amides is 4. The van der Waals surface area contributed by atoms with Gasteiger partial charge in [0, 0.05) is 45.1 Å². The molecule has 0 atom stereocenters. The predicted molar refractivity (Wildman–Crippen MR) is 85.3 cm³/mol. The second kappa shape index (κ2) is 10.5. The molecule has 1 rings (SSSR count). The number of imide groups is 1. The average molecular weight is 323 g/mol. The van der Waals surface area contributed by atoms with Crippen molar-refractivity contribution in [3.63, 3.8) is 0 Å². The Labute approximate surface area is 136 Å². The molecule has 1 aliphatic rings. The van der Waals surface area contributed by atoms with Crippen LogP contribution in [0.15, 0.2) is 12.2 Å². The van der Waals surface area contributed by atoms with Crippen molar-refractivity contribution in [3.05, 3.63) is 12.2 Å². The second-order valence-corrected chi connectivity index (χ2v) is 5.45. The number of rotatable bonds is 11. The minimum atomic E-state index is -0.362. The first-order valence-electron chi connectivity index (χ1n) is 8.05. The molecule has 0 aromatic rings. The van der Waals surface area contributed by atoms with Crippen LogP contribution >= 0.6 is 0 Å². The summed E-state index contributed by atoms with van der Waals surface area (Å²) in [5, 5.41) is 5.37. The highest BCUT2D eigenvalue weighted by Crippen LogP contribution is 2.05. The summed E-state index contributed by atoms with van der Waals surface area (Å²) in [5.74, 6) is -0.807. The monoisotopic (exact) mass is 323 g/mol. The van der Waals surface area contributed by atoms with Gasteiger partial charge in [-0.05, 0) is 12.8 Å². The molecule has 0 saturated carbocycles. The van der Waals surface area contributed by atoms with Crippen molar-refractivity contribution < 1.29 is 19.2 Å². The number of carbonyl (C=O) groups is 4. The van der Waals surface area contributed by atoms with E-state index in [1.165, 1.54) is 12.2 Å². The molecule has 4 amide bonds. The highest BCUT2D eigenvalue weighted by Gasteiger charge is 2.23. The van der Waals surface area contributed by atoms with E-state index in [9.17, 15) is 19.2 Å². The average Bonchev–Trinajstić information content (AvgIpc) is 2.86. The molecular weight excluding hydrogens is 298 g/mol. The molecular formula is C16H25N3O4. The van der Waals surface area contributed by atoms with Crippen molar-refractivity contribution in [2.24, 2.45) is 0 Å². The van der Waals surface area contributed by atoms with Gasteiger partial charge in [0.2, 0.25) is 11.8 Å². The Morgan fingerprint density at radius 3 is 2.17 bits per heavy atom. The van der Waals surface area contributed by atoms with Gasteiger partial charge in [-0.1, -0.05) is 19.3 Å². The molecule has 1 aliphatic heterocycles. The molecule has 0 aliphatic carbocycles. The van der Waals surface area contributed by atoms with Gasteiger partial charge in [0.25, 0.3) is 11.8 Å². The fraction of sp³-hybridized carbons (Fsp3) is 0.625. The fourth-order valence-electron chi connectivity index (χ4n) is 2.25. The Hall–Kier alpha value is -2.18. The number of unbranched alkanes of at least 4 members (excludes halogenated alkanes) is 4. The van der Waals surface area contributed by atoms with Crippen LogP contribution in [-0.4, -0.2) is 48.7 Å². The van der Waals surface area contributed by atoms with Crippen molar-refractivity contribution in [1.29, 1.82) is 0 Å². The Balaban J connectivity index is 1.95. The Morgan fingerprint density at radius 1 is 0.913 bits per heavy atom. The number of hydrogen-bond acceptors (Lipinski definition) is 4. The molecule has 1 heterocycles. The molecule has 0 unspecified atom stereocenters. The quantitative estimate of drug-likeness (QED) is 0.428. The van der Waals surface area contributed by atoms with Gasteiger partial charge in [-0.15, -0.1) is 0 Å². The van der Waals surface area contributed by atoms with Crippen LogP contribution in [-0.2, 0) is 19.2 Å². The van der Waals surface area contributed by atoms with Crippen LogP contribution in [0.1, 0.15) is 44.9 Å². The third kappa shape index (κ3) is 7.58. The van der Waals surface area contributed by atoms with Gasteiger partial charge >= 0.3 is 0 Å². The Morgan fingerprint density at radius 2 is 1.52 bits per heavy atom. The van der Waals surface area contributed by atoms with E-state index in [1.807, 2.05) is 0 Å². The predicted octanol–water partition coefficient (Wildman–Crippen LogP) is 0.504. The SMILES string of the molecule is CNC(=O)CCCCCCCNC(=O)CCN1C(=O)C=CC1=O. The minimum Gasteiger partial charge on any atom is -0.359 e. The van der Waals surface area contributed by atoms with E-state index < -0.39 is 0 Å². The standard InChI is InChI=1S/C16H25N3O4/c1-17-13(20)7-5-3-2-4-6-11-18-14(21)10-12-19-15(22)8-9-16(19)23/h8-9H,2-7,10-12H2,1H3,(H,17,20)(H,18,21). The lowest BCUT2D eigenvalue weighted by atomic mass is 10.1. The van der Waals surface area contributed by atoms with E-state index in [0.717, 1.165) is 37.0 Å². The van der Waals surface area contributed by atoms with Gasteiger partial charge in [-0.3, -0.25) is 24.1 Å². The van der Waals surface area contributed by atoms with Crippen molar-refractivity contribution in [2.75, 3.05) is 20.1 Å². The molecule has 7 heteroatoms. The smallest absolute Gasteiger partial charge is 0.253 e.